The number of aryl methyl sites for hydroxylation is 1. The lowest BCUT2D eigenvalue weighted by atomic mass is 9.96. The highest BCUT2D eigenvalue weighted by atomic mass is 32.1. The van der Waals surface area contributed by atoms with E-state index in [0.29, 0.717) is 12.1 Å². The van der Waals surface area contributed by atoms with Gasteiger partial charge in [0, 0.05) is 16.8 Å². The number of amides is 1. The molecule has 0 radical (unpaired) electrons. The average molecular weight is 329 g/mol. The number of carbonyl (C=O) groups is 2. The molecule has 0 atom stereocenters. The van der Waals surface area contributed by atoms with E-state index in [-0.39, 0.29) is 18.5 Å². The van der Waals surface area contributed by atoms with Crippen molar-refractivity contribution >= 4 is 23.2 Å². The second kappa shape index (κ2) is 7.42. The van der Waals surface area contributed by atoms with E-state index in [0.717, 1.165) is 30.4 Å². The van der Waals surface area contributed by atoms with Gasteiger partial charge in [-0.15, -0.1) is 11.3 Å². The molecule has 1 aromatic heterocycles. The van der Waals surface area contributed by atoms with Crippen LogP contribution in [0.2, 0.25) is 0 Å². The molecule has 1 aliphatic rings. The quantitative estimate of drug-likeness (QED) is 0.858. The van der Waals surface area contributed by atoms with Crippen LogP contribution >= 0.6 is 11.3 Å². The van der Waals surface area contributed by atoms with Gasteiger partial charge in [0.15, 0.2) is 6.61 Å². The number of carbonyl (C=O) groups excluding carboxylic acids is 2. The lowest BCUT2D eigenvalue weighted by molar-refractivity contribution is -0.124. The Morgan fingerprint density at radius 1 is 1.13 bits per heavy atom. The zero-order valence-corrected chi connectivity index (χ0v) is 13.7. The Labute approximate surface area is 139 Å². The van der Waals surface area contributed by atoms with Crippen molar-refractivity contribution < 1.29 is 14.3 Å². The van der Waals surface area contributed by atoms with Crippen LogP contribution in [0.3, 0.4) is 0 Å². The highest BCUT2D eigenvalue weighted by Crippen LogP contribution is 2.30. The predicted octanol–water partition coefficient (Wildman–Crippen LogP) is 3.10. The summed E-state index contributed by atoms with van der Waals surface area (Å²) in [4.78, 5) is 25.2. The fourth-order valence-electron chi connectivity index (χ4n) is 2.72. The summed E-state index contributed by atoms with van der Waals surface area (Å²) in [5, 5.41) is 4.61. The largest absolute Gasteiger partial charge is 0.452 e. The van der Waals surface area contributed by atoms with Crippen LogP contribution in [0.25, 0.3) is 0 Å². The number of rotatable bonds is 5. The number of hydrogen-bond donors (Lipinski definition) is 1. The normalized spacial score (nSPS) is 13.2. The maximum Gasteiger partial charge on any atom is 0.339 e. The first kappa shape index (κ1) is 15.7. The van der Waals surface area contributed by atoms with Gasteiger partial charge in [-0.1, -0.05) is 30.3 Å². The molecule has 4 nitrogen and oxygen atoms in total. The first-order valence-electron chi connectivity index (χ1n) is 7.81. The highest BCUT2D eigenvalue weighted by molar-refractivity contribution is 7.10. The maximum absolute atomic E-state index is 12.2. The van der Waals surface area contributed by atoms with Crippen molar-refractivity contribution in [3.8, 4) is 0 Å². The molecule has 0 fully saturated rings. The molecule has 1 heterocycles. The number of esters is 1. The summed E-state index contributed by atoms with van der Waals surface area (Å²) in [5.74, 6) is -0.675. The summed E-state index contributed by atoms with van der Waals surface area (Å²) < 4.78 is 5.16. The van der Waals surface area contributed by atoms with Crippen LogP contribution < -0.4 is 5.32 Å². The predicted molar refractivity (Wildman–Crippen MR) is 89.5 cm³/mol. The molecular weight excluding hydrogens is 310 g/mol. The molecule has 1 amide bonds. The van der Waals surface area contributed by atoms with Gasteiger partial charge in [0.05, 0.1) is 5.56 Å². The van der Waals surface area contributed by atoms with Gasteiger partial charge in [0.1, 0.15) is 0 Å². The summed E-state index contributed by atoms with van der Waals surface area (Å²) in [7, 11) is 0. The minimum atomic E-state index is -0.390. The Morgan fingerprint density at radius 2 is 1.91 bits per heavy atom. The van der Waals surface area contributed by atoms with E-state index in [2.05, 4.69) is 5.32 Å². The molecule has 23 heavy (non-hydrogen) atoms. The van der Waals surface area contributed by atoms with E-state index < -0.39 is 0 Å². The van der Waals surface area contributed by atoms with Crippen molar-refractivity contribution in [2.45, 2.75) is 32.2 Å². The Kier molecular flexibility index (Phi) is 5.08. The van der Waals surface area contributed by atoms with E-state index in [9.17, 15) is 9.59 Å². The molecule has 1 aromatic carbocycles. The third kappa shape index (κ3) is 3.99. The molecule has 2 aromatic rings. The number of fused-ring (bicyclic) bond motifs is 1. The van der Waals surface area contributed by atoms with Crippen LogP contribution in [0.1, 0.15) is 39.2 Å². The first-order chi connectivity index (χ1) is 11.2. The molecule has 0 unspecified atom stereocenters. The fourth-order valence-corrected chi connectivity index (χ4v) is 3.84. The van der Waals surface area contributed by atoms with Crippen molar-refractivity contribution in [3.63, 3.8) is 0 Å². The second-order valence-corrected chi connectivity index (χ2v) is 6.56. The zero-order valence-electron chi connectivity index (χ0n) is 12.8. The number of ether oxygens (including phenoxy) is 1. The molecular formula is C18H19NO3S. The molecule has 0 aliphatic heterocycles. The van der Waals surface area contributed by atoms with Gasteiger partial charge in [0.25, 0.3) is 5.91 Å². The molecule has 5 heteroatoms. The Morgan fingerprint density at radius 3 is 2.74 bits per heavy atom. The summed E-state index contributed by atoms with van der Waals surface area (Å²) >= 11 is 1.62. The van der Waals surface area contributed by atoms with Crippen molar-refractivity contribution in [2.75, 3.05) is 6.61 Å². The molecule has 1 N–H and O–H groups in total. The molecule has 0 saturated heterocycles. The second-order valence-electron chi connectivity index (χ2n) is 5.60. The van der Waals surface area contributed by atoms with Gasteiger partial charge in [-0.25, -0.2) is 4.79 Å². The lowest BCUT2D eigenvalue weighted by Crippen LogP contribution is -2.28. The summed E-state index contributed by atoms with van der Waals surface area (Å²) in [6.45, 7) is 0.196. The summed E-state index contributed by atoms with van der Waals surface area (Å²) in [6, 6.07) is 9.63. The summed E-state index contributed by atoms with van der Waals surface area (Å²) in [5.41, 5.74) is 2.77. The lowest BCUT2D eigenvalue weighted by Gasteiger charge is -2.12. The Hall–Kier alpha value is -2.14. The zero-order chi connectivity index (χ0) is 16.1. The van der Waals surface area contributed by atoms with E-state index in [1.54, 1.807) is 11.3 Å². The van der Waals surface area contributed by atoms with Crippen molar-refractivity contribution in [2.24, 2.45) is 0 Å². The number of thiophene rings is 1. The van der Waals surface area contributed by atoms with Crippen LogP contribution in [-0.4, -0.2) is 18.5 Å². The first-order valence-corrected chi connectivity index (χ1v) is 8.69. The van der Waals surface area contributed by atoms with Crippen LogP contribution in [-0.2, 0) is 28.9 Å². The van der Waals surface area contributed by atoms with E-state index >= 15 is 0 Å². The van der Waals surface area contributed by atoms with Crippen molar-refractivity contribution in [1.29, 1.82) is 0 Å². The van der Waals surface area contributed by atoms with E-state index in [4.69, 9.17) is 4.74 Å². The van der Waals surface area contributed by atoms with Gasteiger partial charge in [0.2, 0.25) is 0 Å². The van der Waals surface area contributed by atoms with Gasteiger partial charge >= 0.3 is 5.97 Å². The van der Waals surface area contributed by atoms with Gasteiger partial charge < -0.3 is 10.1 Å². The third-order valence-electron chi connectivity index (χ3n) is 3.95. The monoisotopic (exact) mass is 329 g/mol. The van der Waals surface area contributed by atoms with Crippen molar-refractivity contribution in [3.05, 3.63) is 57.3 Å². The molecule has 1 aliphatic carbocycles. The minimum Gasteiger partial charge on any atom is -0.452 e. The SMILES string of the molecule is O=C(COC(=O)c1csc2c1CCCC2)NCc1ccccc1. The third-order valence-corrected chi connectivity index (χ3v) is 5.04. The van der Waals surface area contributed by atoms with Crippen molar-refractivity contribution in [1.82, 2.24) is 5.32 Å². The number of hydrogen-bond acceptors (Lipinski definition) is 4. The van der Waals surface area contributed by atoms with Crippen LogP contribution in [0.15, 0.2) is 35.7 Å². The molecule has 3 rings (SSSR count). The smallest absolute Gasteiger partial charge is 0.339 e. The number of nitrogens with one attached hydrogen (secondary N) is 1. The molecule has 0 bridgehead atoms. The Bertz CT molecular complexity index is 694. The van der Waals surface area contributed by atoms with Crippen LogP contribution in [0.5, 0.6) is 0 Å². The molecule has 0 spiro atoms. The Balaban J connectivity index is 1.49. The van der Waals surface area contributed by atoms with Crippen LogP contribution in [0, 0.1) is 0 Å². The molecule has 0 saturated carbocycles. The minimum absolute atomic E-state index is 0.240. The highest BCUT2D eigenvalue weighted by Gasteiger charge is 2.21. The standard InChI is InChI=1S/C18H19NO3S/c20-17(19-10-13-6-2-1-3-7-13)11-22-18(21)15-12-23-16-9-5-4-8-14(15)16/h1-3,6-7,12H,4-5,8-11H2,(H,19,20). The van der Waals surface area contributed by atoms with Gasteiger partial charge in [-0.05, 0) is 36.8 Å². The number of benzene rings is 1. The molecule has 120 valence electrons. The van der Waals surface area contributed by atoms with E-state index in [1.807, 2.05) is 35.7 Å². The topological polar surface area (TPSA) is 55.4 Å². The fraction of sp³-hybridized carbons (Fsp3) is 0.333. The maximum atomic E-state index is 12.2. The van der Waals surface area contributed by atoms with E-state index in [1.165, 1.54) is 11.3 Å². The van der Waals surface area contributed by atoms with Crippen LogP contribution in [0.4, 0.5) is 0 Å². The van der Waals surface area contributed by atoms with Gasteiger partial charge in [-0.3, -0.25) is 4.79 Å². The van der Waals surface area contributed by atoms with Gasteiger partial charge in [-0.2, -0.15) is 0 Å². The summed E-state index contributed by atoms with van der Waals surface area (Å²) in [6.07, 6.45) is 4.28. The average Bonchev–Trinajstić information content (AvgIpc) is 3.03.